The molecule has 5 nitrogen and oxygen atoms in total. The Morgan fingerprint density at radius 1 is 1.21 bits per heavy atom. The van der Waals surface area contributed by atoms with Gasteiger partial charge in [0.2, 0.25) is 0 Å². The largest absolute Gasteiger partial charge is 0.481 e. The average Bonchev–Trinajstić information content (AvgIpc) is 2.73. The summed E-state index contributed by atoms with van der Waals surface area (Å²) >= 11 is 3.40. The van der Waals surface area contributed by atoms with Crippen molar-refractivity contribution in [1.29, 1.82) is 0 Å². The summed E-state index contributed by atoms with van der Waals surface area (Å²) in [6, 6.07) is 19.1. The van der Waals surface area contributed by atoms with Crippen LogP contribution in [0.5, 0.6) is 11.5 Å². The lowest BCUT2D eigenvalue weighted by Crippen LogP contribution is -2.33. The summed E-state index contributed by atoms with van der Waals surface area (Å²) in [4.78, 5) is 12.3. The van der Waals surface area contributed by atoms with Crippen molar-refractivity contribution in [2.75, 3.05) is 6.61 Å². The van der Waals surface area contributed by atoms with Crippen LogP contribution in [0.3, 0.4) is 0 Å². The fourth-order valence-electron chi connectivity index (χ4n) is 2.63. The van der Waals surface area contributed by atoms with Crippen molar-refractivity contribution in [3.63, 3.8) is 0 Å². The van der Waals surface area contributed by atoms with E-state index in [0.29, 0.717) is 17.1 Å². The maximum Gasteiger partial charge on any atom is 0.280 e. The number of fused-ring (bicyclic) bond motifs is 1. The molecular weight excluding hydrogens is 432 g/mol. The molecule has 0 heterocycles. The first-order chi connectivity index (χ1) is 14.1. The summed E-state index contributed by atoms with van der Waals surface area (Å²) in [5, 5.41) is 6.16. The molecule has 0 bridgehead atoms. The van der Waals surface area contributed by atoms with Gasteiger partial charge in [0.1, 0.15) is 18.1 Å². The first-order valence-electron chi connectivity index (χ1n) is 8.91. The Balaban J connectivity index is 1.62. The van der Waals surface area contributed by atoms with E-state index in [4.69, 9.17) is 15.9 Å². The summed E-state index contributed by atoms with van der Waals surface area (Å²) < 4.78 is 12.1. The van der Waals surface area contributed by atoms with Gasteiger partial charge in [0.05, 0.1) is 6.21 Å². The fraction of sp³-hybridized carbons (Fsp3) is 0.130. The minimum absolute atomic E-state index is 0.144. The second-order valence-corrected chi connectivity index (χ2v) is 7.09. The normalized spacial score (nSPS) is 11.8. The zero-order chi connectivity index (χ0) is 20.6. The Labute approximate surface area is 177 Å². The summed E-state index contributed by atoms with van der Waals surface area (Å²) in [6.45, 7) is 1.81. The summed E-state index contributed by atoms with van der Waals surface area (Å²) in [5.41, 5.74) is 3.16. The van der Waals surface area contributed by atoms with Gasteiger partial charge in [0.15, 0.2) is 6.10 Å². The number of amides is 1. The maximum absolute atomic E-state index is 12.3. The number of carbonyl (C=O) groups excluding carboxylic acids is 1. The fourth-order valence-corrected chi connectivity index (χ4v) is 3.00. The molecule has 0 aliphatic heterocycles. The molecule has 0 radical (unpaired) electrons. The van der Waals surface area contributed by atoms with Gasteiger partial charge >= 0.3 is 0 Å². The third-order valence-electron chi connectivity index (χ3n) is 4.06. The van der Waals surface area contributed by atoms with E-state index in [1.807, 2.05) is 54.6 Å². The van der Waals surface area contributed by atoms with Gasteiger partial charge in [0, 0.05) is 10.0 Å². The van der Waals surface area contributed by atoms with Gasteiger partial charge in [0.25, 0.3) is 5.91 Å². The van der Waals surface area contributed by atoms with Gasteiger partial charge in [-0.25, -0.2) is 5.43 Å². The predicted octanol–water partition coefficient (Wildman–Crippen LogP) is 4.53. The van der Waals surface area contributed by atoms with Crippen molar-refractivity contribution in [3.05, 3.63) is 70.7 Å². The molecule has 0 fully saturated rings. The standard InChI is InChI=1S/C23H19BrN2O3/c1-3-12-28-22-11-9-20(24)13-19(22)15-25-26-23(27)16(2)29-21-10-8-17-6-4-5-7-18(17)14-21/h1,4-11,13-16H,12H2,2H3,(H,26,27)/b25-15+. The monoisotopic (exact) mass is 450 g/mol. The van der Waals surface area contributed by atoms with Crippen LogP contribution < -0.4 is 14.9 Å². The molecule has 1 amide bonds. The molecule has 0 aliphatic carbocycles. The van der Waals surface area contributed by atoms with Crippen molar-refractivity contribution in [1.82, 2.24) is 5.43 Å². The topological polar surface area (TPSA) is 59.9 Å². The molecule has 0 saturated carbocycles. The van der Waals surface area contributed by atoms with Crippen molar-refractivity contribution in [3.8, 4) is 23.8 Å². The third-order valence-corrected chi connectivity index (χ3v) is 4.56. The molecule has 1 unspecified atom stereocenters. The number of carbonyl (C=O) groups is 1. The van der Waals surface area contributed by atoms with Gasteiger partial charge in [-0.1, -0.05) is 52.2 Å². The molecule has 1 N–H and O–H groups in total. The van der Waals surface area contributed by atoms with Crippen LogP contribution in [0.15, 0.2) is 70.2 Å². The summed E-state index contributed by atoms with van der Waals surface area (Å²) in [5.74, 6) is 3.24. The van der Waals surface area contributed by atoms with Crippen LogP contribution in [0.25, 0.3) is 10.8 Å². The van der Waals surface area contributed by atoms with E-state index in [1.165, 1.54) is 6.21 Å². The maximum atomic E-state index is 12.3. The van der Waals surface area contributed by atoms with E-state index in [2.05, 4.69) is 32.4 Å². The summed E-state index contributed by atoms with van der Waals surface area (Å²) in [6.07, 6.45) is 6.02. The van der Waals surface area contributed by atoms with Crippen LogP contribution in [0.2, 0.25) is 0 Å². The van der Waals surface area contributed by atoms with E-state index in [9.17, 15) is 4.79 Å². The highest BCUT2D eigenvalue weighted by Crippen LogP contribution is 2.22. The van der Waals surface area contributed by atoms with Crippen LogP contribution in [0, 0.1) is 12.3 Å². The summed E-state index contributed by atoms with van der Waals surface area (Å²) in [7, 11) is 0. The third kappa shape index (κ3) is 5.59. The molecule has 0 spiro atoms. The van der Waals surface area contributed by atoms with Crippen LogP contribution in [-0.2, 0) is 4.79 Å². The van der Waals surface area contributed by atoms with Crippen LogP contribution in [0.4, 0.5) is 0 Å². The van der Waals surface area contributed by atoms with Gasteiger partial charge in [-0.2, -0.15) is 5.10 Å². The Kier molecular flexibility index (Phi) is 6.88. The minimum atomic E-state index is -0.715. The van der Waals surface area contributed by atoms with E-state index >= 15 is 0 Å². The zero-order valence-corrected chi connectivity index (χ0v) is 17.3. The van der Waals surface area contributed by atoms with Crippen LogP contribution in [-0.4, -0.2) is 24.8 Å². The molecule has 6 heteroatoms. The number of rotatable bonds is 7. The van der Waals surface area contributed by atoms with E-state index in [-0.39, 0.29) is 12.5 Å². The van der Waals surface area contributed by atoms with Crippen molar-refractivity contribution >= 4 is 38.8 Å². The lowest BCUT2D eigenvalue weighted by Gasteiger charge is -2.13. The molecule has 29 heavy (non-hydrogen) atoms. The van der Waals surface area contributed by atoms with Gasteiger partial charge in [-0.05, 0) is 48.0 Å². The van der Waals surface area contributed by atoms with Crippen molar-refractivity contribution < 1.29 is 14.3 Å². The van der Waals surface area contributed by atoms with Gasteiger partial charge in [-0.3, -0.25) is 4.79 Å². The molecule has 0 aromatic heterocycles. The first kappa shape index (κ1) is 20.4. The number of hydrogen-bond donors (Lipinski definition) is 1. The zero-order valence-electron chi connectivity index (χ0n) is 15.8. The van der Waals surface area contributed by atoms with Gasteiger partial charge < -0.3 is 9.47 Å². The van der Waals surface area contributed by atoms with Crippen LogP contribution >= 0.6 is 15.9 Å². The highest BCUT2D eigenvalue weighted by molar-refractivity contribution is 9.10. The number of benzene rings is 3. The van der Waals surface area contributed by atoms with Gasteiger partial charge in [-0.15, -0.1) is 6.42 Å². The number of halogens is 1. The van der Waals surface area contributed by atoms with E-state index < -0.39 is 6.10 Å². The van der Waals surface area contributed by atoms with Crippen molar-refractivity contribution in [2.45, 2.75) is 13.0 Å². The Morgan fingerprint density at radius 2 is 2.00 bits per heavy atom. The quantitative estimate of drug-likeness (QED) is 0.326. The van der Waals surface area contributed by atoms with E-state index in [1.54, 1.807) is 13.0 Å². The van der Waals surface area contributed by atoms with Crippen LogP contribution in [0.1, 0.15) is 12.5 Å². The minimum Gasteiger partial charge on any atom is -0.481 e. The van der Waals surface area contributed by atoms with E-state index in [0.717, 1.165) is 15.2 Å². The second kappa shape index (κ2) is 9.76. The number of nitrogens with one attached hydrogen (secondary N) is 1. The Morgan fingerprint density at radius 3 is 2.79 bits per heavy atom. The molecule has 146 valence electrons. The molecule has 0 aliphatic rings. The highest BCUT2D eigenvalue weighted by atomic mass is 79.9. The number of ether oxygens (including phenoxy) is 2. The molecular formula is C23H19BrN2O3. The molecule has 0 saturated heterocycles. The molecule has 3 rings (SSSR count). The number of hydrogen-bond acceptors (Lipinski definition) is 4. The number of terminal acetylenes is 1. The number of nitrogens with zero attached hydrogens (tertiary/aromatic N) is 1. The molecule has 3 aromatic carbocycles. The lowest BCUT2D eigenvalue weighted by atomic mass is 10.1. The molecule has 3 aromatic rings. The lowest BCUT2D eigenvalue weighted by molar-refractivity contribution is -0.127. The molecule has 1 atom stereocenters. The predicted molar refractivity (Wildman–Crippen MR) is 118 cm³/mol. The van der Waals surface area contributed by atoms with Crippen molar-refractivity contribution in [2.24, 2.45) is 5.10 Å². The Hall–Kier alpha value is -3.30. The SMILES string of the molecule is C#CCOc1ccc(Br)cc1/C=N/NC(=O)C(C)Oc1ccc2ccccc2c1. The first-order valence-corrected chi connectivity index (χ1v) is 9.70. The smallest absolute Gasteiger partial charge is 0.280 e. The Bertz CT molecular complexity index is 1090. The highest BCUT2D eigenvalue weighted by Gasteiger charge is 2.14. The average molecular weight is 451 g/mol. The number of hydrazone groups is 1. The second-order valence-electron chi connectivity index (χ2n) is 6.18.